The molecule has 0 saturated heterocycles. The monoisotopic (exact) mass is 421 g/mol. The molecule has 4 rings (SSSR count). The molecule has 9 heteroatoms. The lowest BCUT2D eigenvalue weighted by atomic mass is 10.3. The van der Waals surface area contributed by atoms with Gasteiger partial charge in [-0.1, -0.05) is 24.3 Å². The third kappa shape index (κ3) is 4.31. The molecule has 8 nitrogen and oxygen atoms in total. The first kappa shape index (κ1) is 19.6. The van der Waals surface area contributed by atoms with Crippen LogP contribution in [-0.4, -0.2) is 31.8 Å². The molecule has 0 aliphatic rings. The minimum absolute atomic E-state index is 0.217. The SMILES string of the molecule is Cc1cc(=O)[nH]c(-n2nc(-c3cccs3)cc2NC(=O)C(C)Oc2ccccc2)n1. The van der Waals surface area contributed by atoms with Crippen molar-refractivity contribution < 1.29 is 9.53 Å². The zero-order chi connectivity index (χ0) is 21.1. The molecule has 4 aromatic rings. The summed E-state index contributed by atoms with van der Waals surface area (Å²) in [5, 5.41) is 9.31. The number of nitrogens with one attached hydrogen (secondary N) is 2. The molecule has 1 amide bonds. The predicted octanol–water partition coefficient (Wildman–Crippen LogP) is 3.40. The molecule has 30 heavy (non-hydrogen) atoms. The van der Waals surface area contributed by atoms with Gasteiger partial charge in [0.1, 0.15) is 17.3 Å². The zero-order valence-electron chi connectivity index (χ0n) is 16.3. The number of aryl methyl sites for hydroxylation is 1. The number of nitrogens with zero attached hydrogens (tertiary/aromatic N) is 3. The van der Waals surface area contributed by atoms with Gasteiger partial charge in [-0.15, -0.1) is 11.3 Å². The molecule has 0 fully saturated rings. The number of anilines is 1. The summed E-state index contributed by atoms with van der Waals surface area (Å²) < 4.78 is 7.11. The molecule has 0 aliphatic carbocycles. The van der Waals surface area contributed by atoms with Crippen LogP contribution in [0.4, 0.5) is 5.82 Å². The van der Waals surface area contributed by atoms with Crippen LogP contribution in [0.5, 0.6) is 5.75 Å². The average Bonchev–Trinajstić information content (AvgIpc) is 3.38. The van der Waals surface area contributed by atoms with Crippen LogP contribution in [0.15, 0.2) is 64.8 Å². The van der Waals surface area contributed by atoms with E-state index in [2.05, 4.69) is 20.4 Å². The molecule has 0 saturated carbocycles. The Kier molecular flexibility index (Phi) is 5.44. The van der Waals surface area contributed by atoms with E-state index in [1.807, 2.05) is 35.7 Å². The summed E-state index contributed by atoms with van der Waals surface area (Å²) in [7, 11) is 0. The van der Waals surface area contributed by atoms with Crippen molar-refractivity contribution in [3.05, 3.63) is 76.0 Å². The van der Waals surface area contributed by atoms with Crippen molar-refractivity contribution in [1.29, 1.82) is 0 Å². The fourth-order valence-electron chi connectivity index (χ4n) is 2.82. The molecule has 0 radical (unpaired) electrons. The molecule has 3 heterocycles. The minimum Gasteiger partial charge on any atom is -0.481 e. The Balaban J connectivity index is 1.65. The number of amides is 1. The van der Waals surface area contributed by atoms with Crippen molar-refractivity contribution in [2.24, 2.45) is 0 Å². The van der Waals surface area contributed by atoms with E-state index in [0.29, 0.717) is 23.0 Å². The highest BCUT2D eigenvalue weighted by Gasteiger charge is 2.20. The molecule has 152 valence electrons. The Morgan fingerprint density at radius 2 is 2.00 bits per heavy atom. The van der Waals surface area contributed by atoms with E-state index in [1.54, 1.807) is 32.0 Å². The number of H-pyrrole nitrogens is 1. The van der Waals surface area contributed by atoms with Gasteiger partial charge in [0.15, 0.2) is 6.10 Å². The Morgan fingerprint density at radius 1 is 1.20 bits per heavy atom. The van der Waals surface area contributed by atoms with E-state index in [-0.39, 0.29) is 17.4 Å². The van der Waals surface area contributed by atoms with E-state index >= 15 is 0 Å². The average molecular weight is 421 g/mol. The number of benzene rings is 1. The van der Waals surface area contributed by atoms with Crippen molar-refractivity contribution in [3.63, 3.8) is 0 Å². The lowest BCUT2D eigenvalue weighted by molar-refractivity contribution is -0.122. The van der Waals surface area contributed by atoms with Crippen LogP contribution in [-0.2, 0) is 4.79 Å². The lowest BCUT2D eigenvalue weighted by Crippen LogP contribution is -2.31. The van der Waals surface area contributed by atoms with Gasteiger partial charge >= 0.3 is 0 Å². The topological polar surface area (TPSA) is 102 Å². The number of para-hydroxylation sites is 1. The van der Waals surface area contributed by atoms with Gasteiger partial charge in [0.2, 0.25) is 5.95 Å². The lowest BCUT2D eigenvalue weighted by Gasteiger charge is -2.15. The van der Waals surface area contributed by atoms with Crippen LogP contribution in [0.3, 0.4) is 0 Å². The third-order valence-corrected chi connectivity index (χ3v) is 5.11. The Labute approximate surface area is 176 Å². The van der Waals surface area contributed by atoms with Crippen LogP contribution < -0.4 is 15.6 Å². The van der Waals surface area contributed by atoms with Gasteiger partial charge in [-0.05, 0) is 37.4 Å². The van der Waals surface area contributed by atoms with Crippen molar-refractivity contribution in [2.75, 3.05) is 5.32 Å². The van der Waals surface area contributed by atoms with E-state index in [4.69, 9.17) is 4.74 Å². The van der Waals surface area contributed by atoms with Gasteiger partial charge in [0, 0.05) is 17.8 Å². The summed E-state index contributed by atoms with van der Waals surface area (Å²) in [6.45, 7) is 3.38. The molecule has 3 aromatic heterocycles. The zero-order valence-corrected chi connectivity index (χ0v) is 17.1. The minimum atomic E-state index is -0.745. The second-order valence-corrected chi connectivity index (χ2v) is 7.52. The van der Waals surface area contributed by atoms with Crippen molar-refractivity contribution in [1.82, 2.24) is 19.7 Å². The van der Waals surface area contributed by atoms with Crippen LogP contribution in [0, 0.1) is 6.92 Å². The van der Waals surface area contributed by atoms with Gasteiger partial charge < -0.3 is 10.1 Å². The van der Waals surface area contributed by atoms with Crippen molar-refractivity contribution in [2.45, 2.75) is 20.0 Å². The van der Waals surface area contributed by atoms with Gasteiger partial charge in [-0.2, -0.15) is 9.78 Å². The first-order valence-corrected chi connectivity index (χ1v) is 10.1. The number of ether oxygens (including phenoxy) is 1. The highest BCUT2D eigenvalue weighted by Crippen LogP contribution is 2.27. The summed E-state index contributed by atoms with van der Waals surface area (Å²) in [5.74, 6) is 0.834. The molecule has 2 N–H and O–H groups in total. The third-order valence-electron chi connectivity index (χ3n) is 4.22. The Morgan fingerprint density at radius 3 is 2.70 bits per heavy atom. The summed E-state index contributed by atoms with van der Waals surface area (Å²) >= 11 is 1.52. The fourth-order valence-corrected chi connectivity index (χ4v) is 3.51. The van der Waals surface area contributed by atoms with Gasteiger partial charge in [-0.3, -0.25) is 14.6 Å². The fraction of sp³-hybridized carbons (Fsp3) is 0.143. The summed E-state index contributed by atoms with van der Waals surface area (Å²) in [6.07, 6.45) is -0.745. The molecule has 0 bridgehead atoms. The first-order chi connectivity index (χ1) is 14.5. The summed E-state index contributed by atoms with van der Waals surface area (Å²) in [6, 6.07) is 16.1. The van der Waals surface area contributed by atoms with Gasteiger partial charge in [0.05, 0.1) is 4.88 Å². The van der Waals surface area contributed by atoms with E-state index in [1.165, 1.54) is 22.1 Å². The largest absolute Gasteiger partial charge is 0.481 e. The maximum Gasteiger partial charge on any atom is 0.266 e. The Bertz CT molecular complexity index is 1220. The number of aromatic amines is 1. The molecule has 1 unspecified atom stereocenters. The highest BCUT2D eigenvalue weighted by atomic mass is 32.1. The van der Waals surface area contributed by atoms with Crippen molar-refractivity contribution >= 4 is 23.1 Å². The standard InChI is InChI=1S/C21H19N5O3S/c1-13-11-19(27)24-21(22-13)26-18(12-16(25-26)17-9-6-10-30-17)23-20(28)14(2)29-15-7-4-3-5-8-15/h3-12,14H,1-2H3,(H,23,28)(H,22,24,27). The second-order valence-electron chi connectivity index (χ2n) is 6.58. The maximum absolute atomic E-state index is 12.8. The number of hydrogen-bond donors (Lipinski definition) is 2. The molecular weight excluding hydrogens is 402 g/mol. The predicted molar refractivity (Wildman–Crippen MR) is 115 cm³/mol. The van der Waals surface area contributed by atoms with E-state index < -0.39 is 6.10 Å². The van der Waals surface area contributed by atoms with E-state index in [9.17, 15) is 9.59 Å². The highest BCUT2D eigenvalue weighted by molar-refractivity contribution is 7.13. The second kappa shape index (κ2) is 8.34. The normalized spacial score (nSPS) is 11.8. The smallest absolute Gasteiger partial charge is 0.266 e. The van der Waals surface area contributed by atoms with Crippen LogP contribution >= 0.6 is 11.3 Å². The van der Waals surface area contributed by atoms with Crippen LogP contribution in [0.25, 0.3) is 16.5 Å². The number of carbonyl (C=O) groups excluding carboxylic acids is 1. The number of hydrogen-bond acceptors (Lipinski definition) is 6. The quantitative estimate of drug-likeness (QED) is 0.497. The number of aromatic nitrogens is 4. The van der Waals surface area contributed by atoms with E-state index in [0.717, 1.165) is 4.88 Å². The molecular formula is C21H19N5O3S. The van der Waals surface area contributed by atoms with Crippen LogP contribution in [0.1, 0.15) is 12.6 Å². The molecule has 1 aromatic carbocycles. The molecule has 0 spiro atoms. The summed E-state index contributed by atoms with van der Waals surface area (Å²) in [4.78, 5) is 32.6. The Hall–Kier alpha value is -3.72. The number of carbonyl (C=O) groups is 1. The maximum atomic E-state index is 12.8. The van der Waals surface area contributed by atoms with Crippen LogP contribution in [0.2, 0.25) is 0 Å². The van der Waals surface area contributed by atoms with Gasteiger partial charge in [-0.25, -0.2) is 4.98 Å². The van der Waals surface area contributed by atoms with Gasteiger partial charge in [0.25, 0.3) is 11.5 Å². The number of rotatable bonds is 6. The number of thiophene rings is 1. The molecule has 1 atom stereocenters. The first-order valence-electron chi connectivity index (χ1n) is 9.24. The summed E-state index contributed by atoms with van der Waals surface area (Å²) in [5.41, 5.74) is 0.893. The molecule has 0 aliphatic heterocycles. The van der Waals surface area contributed by atoms with Crippen molar-refractivity contribution in [3.8, 4) is 22.3 Å².